The molecular formula is C20H21N3O2. The number of aromatic nitrogens is 1. The van der Waals surface area contributed by atoms with Gasteiger partial charge in [0.1, 0.15) is 0 Å². The summed E-state index contributed by atoms with van der Waals surface area (Å²) in [4.78, 5) is 33.4. The first-order chi connectivity index (χ1) is 12.0. The standard InChI is InChI=1S/C20H21N3O2/c1-14-11-15(13-21-12-14)18(24)23-9-7-20(8-10-23)16-5-3-4-6-17(16)22(2)19(20)25/h3-6,11-13H,7-10H2,1-2H3. The normalized spacial score (nSPS) is 18.6. The highest BCUT2D eigenvalue weighted by molar-refractivity contribution is 6.08. The third-order valence-electron chi connectivity index (χ3n) is 5.52. The van der Waals surface area contributed by atoms with Gasteiger partial charge in [-0.1, -0.05) is 18.2 Å². The van der Waals surface area contributed by atoms with E-state index in [1.165, 1.54) is 0 Å². The maximum Gasteiger partial charge on any atom is 0.255 e. The number of para-hydroxylation sites is 1. The van der Waals surface area contributed by atoms with Crippen LogP contribution in [0.3, 0.4) is 0 Å². The fourth-order valence-electron chi connectivity index (χ4n) is 4.15. The van der Waals surface area contributed by atoms with Gasteiger partial charge >= 0.3 is 0 Å². The first-order valence-corrected chi connectivity index (χ1v) is 8.61. The average Bonchev–Trinajstić information content (AvgIpc) is 2.85. The Labute approximate surface area is 147 Å². The van der Waals surface area contributed by atoms with Crippen molar-refractivity contribution in [2.45, 2.75) is 25.2 Å². The Hall–Kier alpha value is -2.69. The highest BCUT2D eigenvalue weighted by Gasteiger charge is 2.51. The van der Waals surface area contributed by atoms with Crippen molar-refractivity contribution >= 4 is 17.5 Å². The molecule has 1 aromatic heterocycles. The second kappa shape index (κ2) is 5.69. The number of rotatable bonds is 1. The van der Waals surface area contributed by atoms with Crippen LogP contribution in [0, 0.1) is 6.92 Å². The summed E-state index contributed by atoms with van der Waals surface area (Å²) in [6, 6.07) is 9.87. The second-order valence-electron chi connectivity index (χ2n) is 7.01. The molecule has 1 aromatic carbocycles. The first-order valence-electron chi connectivity index (χ1n) is 8.61. The maximum atomic E-state index is 12.9. The fourth-order valence-corrected chi connectivity index (χ4v) is 4.15. The molecule has 0 radical (unpaired) electrons. The molecule has 0 aliphatic carbocycles. The number of likely N-dealkylation sites (N-methyl/N-ethyl adjacent to an activating group) is 1. The number of fused-ring (bicyclic) bond motifs is 2. The van der Waals surface area contributed by atoms with Crippen LogP contribution in [0.4, 0.5) is 5.69 Å². The summed E-state index contributed by atoms with van der Waals surface area (Å²) >= 11 is 0. The van der Waals surface area contributed by atoms with Crippen molar-refractivity contribution in [3.05, 3.63) is 59.4 Å². The molecular weight excluding hydrogens is 314 g/mol. The van der Waals surface area contributed by atoms with E-state index in [2.05, 4.69) is 11.1 Å². The molecule has 4 rings (SSSR count). The van der Waals surface area contributed by atoms with Crippen LogP contribution in [-0.2, 0) is 10.2 Å². The Kier molecular flexibility index (Phi) is 3.60. The van der Waals surface area contributed by atoms with E-state index in [0.717, 1.165) is 16.8 Å². The molecule has 1 fully saturated rings. The van der Waals surface area contributed by atoms with Crippen LogP contribution in [0.1, 0.15) is 34.3 Å². The van der Waals surface area contributed by atoms with Crippen molar-refractivity contribution in [1.29, 1.82) is 0 Å². The number of hydrogen-bond acceptors (Lipinski definition) is 3. The van der Waals surface area contributed by atoms with E-state index in [0.29, 0.717) is 31.5 Å². The summed E-state index contributed by atoms with van der Waals surface area (Å²) in [7, 11) is 1.84. The van der Waals surface area contributed by atoms with Gasteiger partial charge in [-0.05, 0) is 43.0 Å². The number of hydrogen-bond donors (Lipinski definition) is 0. The largest absolute Gasteiger partial charge is 0.339 e. The molecule has 0 N–H and O–H groups in total. The van der Waals surface area contributed by atoms with E-state index in [1.807, 2.05) is 43.1 Å². The summed E-state index contributed by atoms with van der Waals surface area (Å²) in [5.41, 5.74) is 3.21. The lowest BCUT2D eigenvalue weighted by Crippen LogP contribution is -2.49. The SMILES string of the molecule is Cc1cncc(C(=O)N2CCC3(CC2)C(=O)N(C)c2ccccc23)c1. The van der Waals surface area contributed by atoms with Gasteiger partial charge in [0.15, 0.2) is 0 Å². The van der Waals surface area contributed by atoms with Crippen molar-refractivity contribution in [3.63, 3.8) is 0 Å². The van der Waals surface area contributed by atoms with E-state index >= 15 is 0 Å². The Balaban J connectivity index is 1.58. The zero-order chi connectivity index (χ0) is 17.6. The van der Waals surface area contributed by atoms with E-state index < -0.39 is 5.41 Å². The number of likely N-dealkylation sites (tertiary alicyclic amines) is 1. The van der Waals surface area contributed by atoms with Crippen LogP contribution in [-0.4, -0.2) is 41.8 Å². The van der Waals surface area contributed by atoms with Crippen LogP contribution in [0.15, 0.2) is 42.7 Å². The number of aryl methyl sites for hydroxylation is 1. The minimum absolute atomic E-state index is 0.00173. The van der Waals surface area contributed by atoms with Gasteiger partial charge in [0.25, 0.3) is 5.91 Å². The average molecular weight is 335 g/mol. The predicted molar refractivity (Wildman–Crippen MR) is 95.6 cm³/mol. The monoisotopic (exact) mass is 335 g/mol. The molecule has 3 heterocycles. The van der Waals surface area contributed by atoms with E-state index in [4.69, 9.17) is 0 Å². The number of carbonyl (C=O) groups excluding carboxylic acids is 2. The number of nitrogens with zero attached hydrogens (tertiary/aromatic N) is 3. The van der Waals surface area contributed by atoms with Crippen molar-refractivity contribution in [2.24, 2.45) is 0 Å². The van der Waals surface area contributed by atoms with Crippen LogP contribution in [0.2, 0.25) is 0 Å². The second-order valence-corrected chi connectivity index (χ2v) is 7.01. The molecule has 128 valence electrons. The van der Waals surface area contributed by atoms with E-state index in [-0.39, 0.29) is 11.8 Å². The molecule has 2 aliphatic rings. The predicted octanol–water partition coefficient (Wildman–Crippen LogP) is 2.54. The van der Waals surface area contributed by atoms with Crippen molar-refractivity contribution in [3.8, 4) is 0 Å². The van der Waals surface area contributed by atoms with Gasteiger partial charge in [-0.15, -0.1) is 0 Å². The van der Waals surface area contributed by atoms with Crippen LogP contribution < -0.4 is 4.90 Å². The molecule has 5 nitrogen and oxygen atoms in total. The summed E-state index contributed by atoms with van der Waals surface area (Å²) in [5, 5.41) is 0. The number of pyridine rings is 1. The molecule has 2 aromatic rings. The van der Waals surface area contributed by atoms with Gasteiger partial charge in [-0.2, -0.15) is 0 Å². The minimum atomic E-state index is -0.479. The Morgan fingerprint density at radius 2 is 1.88 bits per heavy atom. The van der Waals surface area contributed by atoms with E-state index in [9.17, 15) is 9.59 Å². The number of amides is 2. The van der Waals surface area contributed by atoms with E-state index in [1.54, 1.807) is 17.3 Å². The number of piperidine rings is 1. The molecule has 0 atom stereocenters. The van der Waals surface area contributed by atoms with Crippen molar-refractivity contribution in [1.82, 2.24) is 9.88 Å². The van der Waals surface area contributed by atoms with Crippen LogP contribution in [0.5, 0.6) is 0 Å². The zero-order valence-corrected chi connectivity index (χ0v) is 14.5. The molecule has 2 aliphatic heterocycles. The minimum Gasteiger partial charge on any atom is -0.339 e. The molecule has 1 saturated heterocycles. The van der Waals surface area contributed by atoms with Crippen LogP contribution >= 0.6 is 0 Å². The molecule has 1 spiro atoms. The summed E-state index contributed by atoms with van der Waals surface area (Å²) < 4.78 is 0. The quantitative estimate of drug-likeness (QED) is 0.805. The number of anilines is 1. The maximum absolute atomic E-state index is 12.9. The molecule has 0 saturated carbocycles. The third-order valence-corrected chi connectivity index (χ3v) is 5.52. The van der Waals surface area contributed by atoms with Crippen molar-refractivity contribution in [2.75, 3.05) is 25.0 Å². The number of benzene rings is 1. The summed E-state index contributed by atoms with van der Waals surface area (Å²) in [5.74, 6) is 0.149. The Bertz CT molecular complexity index is 854. The van der Waals surface area contributed by atoms with Gasteiger partial charge in [-0.25, -0.2) is 0 Å². The van der Waals surface area contributed by atoms with Gasteiger partial charge in [-0.3, -0.25) is 14.6 Å². The highest BCUT2D eigenvalue weighted by Crippen LogP contribution is 2.47. The molecule has 5 heteroatoms. The molecule has 0 unspecified atom stereocenters. The Morgan fingerprint density at radius 3 is 2.60 bits per heavy atom. The van der Waals surface area contributed by atoms with Crippen molar-refractivity contribution < 1.29 is 9.59 Å². The lowest BCUT2D eigenvalue weighted by atomic mass is 9.73. The number of carbonyl (C=O) groups is 2. The smallest absolute Gasteiger partial charge is 0.255 e. The first kappa shape index (κ1) is 15.8. The Morgan fingerprint density at radius 1 is 1.16 bits per heavy atom. The summed E-state index contributed by atoms with van der Waals surface area (Å²) in [6.45, 7) is 3.10. The lowest BCUT2D eigenvalue weighted by Gasteiger charge is -2.38. The highest BCUT2D eigenvalue weighted by atomic mass is 16.2. The summed E-state index contributed by atoms with van der Waals surface area (Å²) in [6.07, 6.45) is 4.69. The van der Waals surface area contributed by atoms with Crippen LogP contribution in [0.25, 0.3) is 0 Å². The third kappa shape index (κ3) is 2.34. The molecule has 25 heavy (non-hydrogen) atoms. The fraction of sp³-hybridized carbons (Fsp3) is 0.350. The molecule has 0 bridgehead atoms. The van der Waals surface area contributed by atoms with Gasteiger partial charge in [0.2, 0.25) is 5.91 Å². The van der Waals surface area contributed by atoms with Gasteiger partial charge in [0.05, 0.1) is 11.0 Å². The topological polar surface area (TPSA) is 53.5 Å². The molecule has 2 amide bonds. The van der Waals surface area contributed by atoms with Gasteiger partial charge in [0, 0.05) is 38.2 Å². The lowest BCUT2D eigenvalue weighted by molar-refractivity contribution is -0.124. The van der Waals surface area contributed by atoms with Gasteiger partial charge < -0.3 is 9.80 Å². The zero-order valence-electron chi connectivity index (χ0n) is 14.5.